The summed E-state index contributed by atoms with van der Waals surface area (Å²) in [4.78, 5) is 30.2. The van der Waals surface area contributed by atoms with Gasteiger partial charge in [-0.2, -0.15) is 0 Å². The molecular formula is C25H28F2N2O4. The molecule has 4 rings (SSSR count). The highest BCUT2D eigenvalue weighted by Crippen LogP contribution is 2.36. The number of ether oxygens (including phenoxy) is 1. The van der Waals surface area contributed by atoms with Gasteiger partial charge >= 0.3 is 0 Å². The van der Waals surface area contributed by atoms with E-state index >= 15 is 0 Å². The van der Waals surface area contributed by atoms with Crippen LogP contribution >= 0.6 is 0 Å². The van der Waals surface area contributed by atoms with E-state index in [0.717, 1.165) is 24.5 Å². The predicted octanol–water partition coefficient (Wildman–Crippen LogP) is 4.46. The lowest BCUT2D eigenvalue weighted by Crippen LogP contribution is -2.37. The second-order valence-corrected chi connectivity index (χ2v) is 8.87. The minimum Gasteiger partial charge on any atom is -0.493 e. The van der Waals surface area contributed by atoms with E-state index in [1.165, 1.54) is 17.2 Å². The Labute approximate surface area is 191 Å². The summed E-state index contributed by atoms with van der Waals surface area (Å²) in [6.45, 7) is 2.65. The Kier molecular flexibility index (Phi) is 6.93. The molecule has 0 radical (unpaired) electrons. The molecule has 1 aliphatic heterocycles. The van der Waals surface area contributed by atoms with E-state index in [9.17, 15) is 18.4 Å². The summed E-state index contributed by atoms with van der Waals surface area (Å²) in [5, 5.41) is 1.31. The first-order valence-corrected chi connectivity index (χ1v) is 11.3. The number of aryl methyl sites for hydroxylation is 1. The first-order valence-electron chi connectivity index (χ1n) is 11.3. The molecule has 0 bridgehead atoms. The van der Waals surface area contributed by atoms with E-state index in [1.807, 2.05) is 19.1 Å². The predicted molar refractivity (Wildman–Crippen MR) is 117 cm³/mol. The zero-order valence-electron chi connectivity index (χ0n) is 18.6. The maximum atomic E-state index is 13.7. The Balaban J connectivity index is 1.31. The maximum absolute atomic E-state index is 13.7. The molecule has 1 saturated heterocycles. The molecule has 33 heavy (non-hydrogen) atoms. The zero-order chi connectivity index (χ0) is 23.5. The molecule has 1 heterocycles. The van der Waals surface area contributed by atoms with E-state index in [0.29, 0.717) is 55.3 Å². The Morgan fingerprint density at radius 2 is 1.76 bits per heavy atom. The van der Waals surface area contributed by atoms with Gasteiger partial charge in [-0.25, -0.2) is 13.8 Å². The van der Waals surface area contributed by atoms with Crippen LogP contribution in [0.5, 0.6) is 5.75 Å². The molecule has 6 nitrogen and oxygen atoms in total. The molecule has 1 aliphatic carbocycles. The first kappa shape index (κ1) is 23.2. The van der Waals surface area contributed by atoms with E-state index in [1.54, 1.807) is 6.07 Å². The van der Waals surface area contributed by atoms with Crippen LogP contribution in [0.25, 0.3) is 0 Å². The number of benzene rings is 2. The smallest absolute Gasteiger partial charge is 0.249 e. The second kappa shape index (κ2) is 9.87. The fraction of sp³-hybridized carbons (Fsp3) is 0.440. The molecule has 2 amide bonds. The lowest BCUT2D eigenvalue weighted by atomic mass is 9.81. The van der Waals surface area contributed by atoms with Crippen molar-refractivity contribution in [1.29, 1.82) is 0 Å². The molecule has 2 aromatic rings. The summed E-state index contributed by atoms with van der Waals surface area (Å²) in [6, 6.07) is 8.13. The lowest BCUT2D eigenvalue weighted by molar-refractivity contribution is -0.183. The van der Waals surface area contributed by atoms with Crippen molar-refractivity contribution in [3.63, 3.8) is 0 Å². The minimum absolute atomic E-state index is 0.133. The number of halogens is 2. The lowest BCUT2D eigenvalue weighted by Gasteiger charge is -2.32. The van der Waals surface area contributed by atoms with Crippen molar-refractivity contribution in [3.05, 3.63) is 64.7 Å². The van der Waals surface area contributed by atoms with Crippen LogP contribution in [-0.2, 0) is 9.63 Å². The first-order chi connectivity index (χ1) is 15.8. The summed E-state index contributed by atoms with van der Waals surface area (Å²) < 4.78 is 33.2. The van der Waals surface area contributed by atoms with Crippen LogP contribution in [-0.4, -0.2) is 30.1 Å². The SMILES string of the molecule is Cc1ccc(OCC2CCC(C(=O)N3OCC[C@H]3c3cc(F)cc(F)c3)CC2)cc1C(N)=O. The molecule has 2 fully saturated rings. The number of carbonyl (C=O) groups excluding carboxylic acids is 2. The van der Waals surface area contributed by atoms with Crippen LogP contribution in [0.15, 0.2) is 36.4 Å². The van der Waals surface area contributed by atoms with Gasteiger partial charge in [-0.3, -0.25) is 14.4 Å². The van der Waals surface area contributed by atoms with Crippen LogP contribution in [0.4, 0.5) is 8.78 Å². The summed E-state index contributed by atoms with van der Waals surface area (Å²) in [5.41, 5.74) is 7.06. The Bertz CT molecular complexity index is 1020. The highest BCUT2D eigenvalue weighted by molar-refractivity contribution is 5.94. The third kappa shape index (κ3) is 5.33. The molecule has 176 valence electrons. The number of hydrogen-bond donors (Lipinski definition) is 1. The fourth-order valence-electron chi connectivity index (χ4n) is 4.68. The quantitative estimate of drug-likeness (QED) is 0.693. The number of hydrogen-bond acceptors (Lipinski definition) is 4. The molecule has 8 heteroatoms. The molecule has 1 saturated carbocycles. The van der Waals surface area contributed by atoms with Crippen molar-refractivity contribution in [2.24, 2.45) is 17.6 Å². The Morgan fingerprint density at radius 3 is 2.42 bits per heavy atom. The number of nitrogens with two attached hydrogens (primary N) is 1. The summed E-state index contributed by atoms with van der Waals surface area (Å²) in [5.74, 6) is -1.25. The third-order valence-electron chi connectivity index (χ3n) is 6.55. The van der Waals surface area contributed by atoms with Gasteiger partial charge < -0.3 is 10.5 Å². The molecule has 0 aromatic heterocycles. The van der Waals surface area contributed by atoms with Crippen LogP contribution in [0.3, 0.4) is 0 Å². The standard InChI is InChI=1S/C25H28F2N2O4/c1-15-2-7-21(13-22(15)24(28)30)32-14-16-3-5-17(6-4-16)25(31)29-23(8-9-33-29)18-10-19(26)12-20(27)11-18/h2,7,10-13,16-17,23H,3-6,8-9,14H2,1H3,(H2,28,30)/t16?,17?,23-/m0/s1. The van der Waals surface area contributed by atoms with Crippen molar-refractivity contribution in [1.82, 2.24) is 5.06 Å². The van der Waals surface area contributed by atoms with Gasteiger partial charge in [0, 0.05) is 24.0 Å². The fourth-order valence-corrected chi connectivity index (χ4v) is 4.68. The largest absolute Gasteiger partial charge is 0.493 e. The van der Waals surface area contributed by atoms with Gasteiger partial charge in [-0.05, 0) is 73.9 Å². The molecule has 1 atom stereocenters. The van der Waals surface area contributed by atoms with Crippen molar-refractivity contribution >= 4 is 11.8 Å². The number of amides is 2. The number of nitrogens with zero attached hydrogens (tertiary/aromatic N) is 1. The third-order valence-corrected chi connectivity index (χ3v) is 6.55. The highest BCUT2D eigenvalue weighted by atomic mass is 19.1. The molecule has 2 aromatic carbocycles. The van der Waals surface area contributed by atoms with E-state index < -0.39 is 23.6 Å². The van der Waals surface area contributed by atoms with Gasteiger partial charge in [0.15, 0.2) is 0 Å². The van der Waals surface area contributed by atoms with Gasteiger partial charge in [-0.15, -0.1) is 0 Å². The van der Waals surface area contributed by atoms with Gasteiger partial charge in [-0.1, -0.05) is 6.07 Å². The zero-order valence-corrected chi connectivity index (χ0v) is 18.6. The molecule has 2 aliphatic rings. The molecule has 0 unspecified atom stereocenters. The van der Waals surface area contributed by atoms with Crippen LogP contribution in [0, 0.1) is 30.4 Å². The Hall–Kier alpha value is -3.00. The van der Waals surface area contributed by atoms with E-state index in [2.05, 4.69) is 0 Å². The van der Waals surface area contributed by atoms with Crippen LogP contribution < -0.4 is 10.5 Å². The molecular weight excluding hydrogens is 430 g/mol. The van der Waals surface area contributed by atoms with Gasteiger partial charge in [0.1, 0.15) is 17.4 Å². The average molecular weight is 459 g/mol. The number of primary amides is 1. The molecule has 2 N–H and O–H groups in total. The summed E-state index contributed by atoms with van der Waals surface area (Å²) >= 11 is 0. The van der Waals surface area contributed by atoms with Crippen molar-refractivity contribution in [3.8, 4) is 5.75 Å². The van der Waals surface area contributed by atoms with Crippen LogP contribution in [0.1, 0.15) is 59.6 Å². The van der Waals surface area contributed by atoms with Crippen molar-refractivity contribution in [2.75, 3.05) is 13.2 Å². The van der Waals surface area contributed by atoms with Gasteiger partial charge in [0.25, 0.3) is 0 Å². The monoisotopic (exact) mass is 458 g/mol. The number of rotatable bonds is 6. The topological polar surface area (TPSA) is 81.9 Å². The normalized spacial score (nSPS) is 22.9. The van der Waals surface area contributed by atoms with E-state index in [-0.39, 0.29) is 11.8 Å². The van der Waals surface area contributed by atoms with Gasteiger partial charge in [0.05, 0.1) is 19.3 Å². The summed E-state index contributed by atoms with van der Waals surface area (Å²) in [6.07, 6.45) is 3.52. The van der Waals surface area contributed by atoms with Gasteiger partial charge in [0.2, 0.25) is 11.8 Å². The van der Waals surface area contributed by atoms with E-state index in [4.69, 9.17) is 15.3 Å². The molecule has 0 spiro atoms. The van der Waals surface area contributed by atoms with Crippen molar-refractivity contribution < 1.29 is 27.9 Å². The number of hydroxylamine groups is 2. The second-order valence-electron chi connectivity index (χ2n) is 8.87. The summed E-state index contributed by atoms with van der Waals surface area (Å²) in [7, 11) is 0. The number of carbonyl (C=O) groups is 2. The Morgan fingerprint density at radius 1 is 1.06 bits per heavy atom. The van der Waals surface area contributed by atoms with Crippen LogP contribution in [0.2, 0.25) is 0 Å². The maximum Gasteiger partial charge on any atom is 0.249 e. The average Bonchev–Trinajstić information content (AvgIpc) is 3.27. The highest BCUT2D eigenvalue weighted by Gasteiger charge is 2.37. The van der Waals surface area contributed by atoms with Crippen molar-refractivity contribution in [2.45, 2.75) is 45.1 Å². The minimum atomic E-state index is -0.665.